The molecular formula is C42H69O23+. The van der Waals surface area contributed by atoms with E-state index in [0.29, 0.717) is 32.1 Å². The van der Waals surface area contributed by atoms with E-state index in [-0.39, 0.29) is 43.9 Å². The summed E-state index contributed by atoms with van der Waals surface area (Å²) in [6.45, 7) is -1.90. The van der Waals surface area contributed by atoms with E-state index in [2.05, 4.69) is 0 Å². The van der Waals surface area contributed by atoms with Gasteiger partial charge in [-0.15, -0.1) is 0 Å². The van der Waals surface area contributed by atoms with E-state index in [1.54, 1.807) is 0 Å². The van der Waals surface area contributed by atoms with Crippen LogP contribution in [0.2, 0.25) is 0 Å². The van der Waals surface area contributed by atoms with Crippen LogP contribution in [-0.4, -0.2) is 243 Å². The Kier molecular flexibility index (Phi) is 17.7. The molecule has 3 aliphatic carbocycles. The molecule has 0 aromatic carbocycles. The summed E-state index contributed by atoms with van der Waals surface area (Å²) in [7, 11) is 0. The summed E-state index contributed by atoms with van der Waals surface area (Å²) >= 11 is 0. The number of hydrogen-bond donors (Lipinski definition) is 14. The van der Waals surface area contributed by atoms with Crippen molar-refractivity contribution in [2.75, 3.05) is 19.8 Å². The van der Waals surface area contributed by atoms with Gasteiger partial charge in [0, 0.05) is 24.8 Å². The van der Waals surface area contributed by atoms with Gasteiger partial charge in [0.2, 0.25) is 0 Å². The average Bonchev–Trinajstić information content (AvgIpc) is 3.29. The molecule has 7 rings (SSSR count). The van der Waals surface area contributed by atoms with E-state index in [9.17, 15) is 76.3 Å². The number of esters is 1. The maximum atomic E-state index is 13.0. The van der Waals surface area contributed by atoms with Crippen molar-refractivity contribution >= 4 is 5.97 Å². The van der Waals surface area contributed by atoms with Gasteiger partial charge in [0.15, 0.2) is 31.1 Å². The summed E-state index contributed by atoms with van der Waals surface area (Å²) in [5, 5.41) is 146. The maximum Gasteiger partial charge on any atom is 0.330 e. The van der Waals surface area contributed by atoms with Gasteiger partial charge in [0.05, 0.1) is 49.7 Å². The molecule has 9 unspecified atom stereocenters. The number of fused-ring (bicyclic) bond motifs is 1. The quantitative estimate of drug-likeness (QED) is 0.0464. The van der Waals surface area contributed by atoms with Gasteiger partial charge >= 0.3 is 5.97 Å². The number of ether oxygens (including phenoxy) is 8. The monoisotopic (exact) mass is 941 g/mol. The molecule has 3 saturated carbocycles. The fourth-order valence-electron chi connectivity index (χ4n) is 10.5. The fraction of sp³-hybridized carbons (Fsp3) is 0.929. The Balaban J connectivity index is 0.985. The lowest BCUT2D eigenvalue weighted by Gasteiger charge is -2.50. The Hall–Kier alpha value is -1.63. The zero-order chi connectivity index (χ0) is 46.9. The molecule has 7 aliphatic rings. The maximum absolute atomic E-state index is 13.0. The van der Waals surface area contributed by atoms with Crippen LogP contribution in [-0.2, 0) is 38.0 Å². The van der Waals surface area contributed by atoms with Crippen LogP contribution < -0.4 is 0 Å². The van der Waals surface area contributed by atoms with Gasteiger partial charge in [-0.1, -0.05) is 6.08 Å². The number of carbonyl (C=O) groups excluding carboxylic acids is 1. The van der Waals surface area contributed by atoms with E-state index in [1.165, 1.54) is 6.08 Å². The van der Waals surface area contributed by atoms with Crippen LogP contribution in [0.4, 0.5) is 0 Å². The predicted octanol–water partition coefficient (Wildman–Crippen LogP) is -6.20. The first-order valence-corrected chi connectivity index (χ1v) is 22.8. The van der Waals surface area contributed by atoms with Gasteiger partial charge < -0.3 is 109 Å². The van der Waals surface area contributed by atoms with Gasteiger partial charge in [-0.05, 0) is 57.3 Å². The van der Waals surface area contributed by atoms with Gasteiger partial charge in [0.25, 0.3) is 0 Å². The van der Waals surface area contributed by atoms with Gasteiger partial charge in [0.1, 0.15) is 86.0 Å². The molecule has 374 valence electrons. The van der Waals surface area contributed by atoms with Crippen molar-refractivity contribution in [2.45, 2.75) is 205 Å². The van der Waals surface area contributed by atoms with Crippen molar-refractivity contribution in [3.8, 4) is 0 Å². The smallest absolute Gasteiger partial charge is 0.330 e. The zero-order valence-electron chi connectivity index (χ0n) is 35.8. The van der Waals surface area contributed by atoms with Crippen LogP contribution in [0.15, 0.2) is 12.2 Å². The Morgan fingerprint density at radius 3 is 1.63 bits per heavy atom. The Bertz CT molecular complexity index is 1530. The second-order valence-corrected chi connectivity index (χ2v) is 18.9. The average molecular weight is 942 g/mol. The van der Waals surface area contributed by atoms with Gasteiger partial charge in [-0.3, -0.25) is 0 Å². The van der Waals surface area contributed by atoms with E-state index < -0.39 is 173 Å². The van der Waals surface area contributed by atoms with Crippen LogP contribution >= 0.6 is 0 Å². The van der Waals surface area contributed by atoms with E-state index in [1.807, 2.05) is 0 Å². The molecule has 4 heterocycles. The van der Waals surface area contributed by atoms with Crippen molar-refractivity contribution in [1.29, 1.82) is 0 Å². The molecule has 7 fully saturated rings. The summed E-state index contributed by atoms with van der Waals surface area (Å²) in [6.07, 6.45) is -23.2. The number of rotatable bonds is 13. The number of aliphatic hydroxyl groups is 16. The predicted molar refractivity (Wildman–Crippen MR) is 213 cm³/mol. The topological polar surface area (TPSA) is 378 Å². The third-order valence-corrected chi connectivity index (χ3v) is 14.4. The Labute approximate surface area is 374 Å². The third-order valence-electron chi connectivity index (χ3n) is 14.4. The first-order valence-electron chi connectivity index (χ1n) is 22.8. The summed E-state index contributed by atoms with van der Waals surface area (Å²) < 4.78 is 46.0. The van der Waals surface area contributed by atoms with Crippen molar-refractivity contribution in [2.24, 2.45) is 17.8 Å². The first kappa shape index (κ1) is 51.2. The molecule has 23 nitrogen and oxygen atoms in total. The molecule has 0 spiro atoms. The van der Waals surface area contributed by atoms with Crippen molar-refractivity contribution in [3.05, 3.63) is 12.2 Å². The molecule has 4 aliphatic heterocycles. The molecule has 0 radical (unpaired) electrons. The third kappa shape index (κ3) is 11.7. The molecule has 0 amide bonds. The molecule has 24 atom stereocenters. The Morgan fingerprint density at radius 1 is 0.538 bits per heavy atom. The SMILES string of the molecule is O=C(C=CC1CCC(O)C(O[C@@H]2O[C@H](CO)[C@@H](O)[C@H](O)[C@H]2O)C1)OC[C@H]1O[C@@H](OC2CC3C(O[C@@H]4O[C@H](CO)[C@@H](O)[C@H](O)[C@H]4O)CC(O)CC3[OH+]C2C2CCC(O)CC2)[C@H](O)[C@@H](O)[C@@H]1O. The first-order chi connectivity index (χ1) is 31.0. The van der Waals surface area contributed by atoms with E-state index >= 15 is 0 Å². The second-order valence-electron chi connectivity index (χ2n) is 18.9. The lowest BCUT2D eigenvalue weighted by Crippen LogP contribution is -2.64. The minimum absolute atomic E-state index is 0.0767. The standard InChI is InChI=1S/C42H68O23/c43-13-26-30(49)33(52)36(55)40(63-26)60-23-11-19(46)10-22-20(23)12-25(39(59-22)17-3-5-18(45)6-4-17)62-42-38(57)35(54)32(51)28(65-42)15-58-29(48)8-2-16-1-7-21(47)24(9-16)61-41-37(56)34(53)31(50)27(14-44)64-41/h2,8,16-28,30-47,49-57H,1,3-7,9-15H2/p+1/t16?,17?,18?,19?,20?,21?,22?,23?,24?,25?,26-,27-,28-,30-,31-,32-,33+,34+,35+,36-,37-,38-,39?,40-,41-,42-/m1/s1. The van der Waals surface area contributed by atoms with Gasteiger partial charge in [-0.2, -0.15) is 0 Å². The van der Waals surface area contributed by atoms with Crippen LogP contribution in [0.5, 0.6) is 0 Å². The highest BCUT2D eigenvalue weighted by Gasteiger charge is 2.56. The number of hydrogen-bond acceptors (Lipinski definition) is 22. The molecule has 15 N–H and O–H groups in total. The fourth-order valence-corrected chi connectivity index (χ4v) is 10.5. The Morgan fingerprint density at radius 2 is 1.06 bits per heavy atom. The van der Waals surface area contributed by atoms with Crippen molar-refractivity contribution in [3.63, 3.8) is 0 Å². The van der Waals surface area contributed by atoms with Crippen LogP contribution in [0.25, 0.3) is 0 Å². The molecular weight excluding hydrogens is 872 g/mol. The molecule has 0 bridgehead atoms. The number of aliphatic hydroxyl groups excluding tert-OH is 14. The van der Waals surface area contributed by atoms with Gasteiger partial charge in [-0.25, -0.2) is 4.79 Å². The summed E-state index contributed by atoms with van der Waals surface area (Å²) in [6, 6.07) is 0. The van der Waals surface area contributed by atoms with Crippen molar-refractivity contribution in [1.82, 2.24) is 0 Å². The zero-order valence-corrected chi connectivity index (χ0v) is 35.8. The highest BCUT2D eigenvalue weighted by molar-refractivity contribution is 5.81. The van der Waals surface area contributed by atoms with Crippen LogP contribution in [0, 0.1) is 17.8 Å². The lowest BCUT2D eigenvalue weighted by atomic mass is 9.73. The molecule has 0 aromatic heterocycles. The summed E-state index contributed by atoms with van der Waals surface area (Å²) in [4.78, 5) is 13.0. The lowest BCUT2D eigenvalue weighted by molar-refractivity contribution is -0.366. The molecule has 65 heavy (non-hydrogen) atoms. The number of carbonyl (C=O) groups is 1. The minimum Gasteiger partial charge on any atom is -0.460 e. The highest BCUT2D eigenvalue weighted by atomic mass is 16.7. The number of allylic oxidation sites excluding steroid dienone is 1. The van der Waals surface area contributed by atoms with E-state index in [4.69, 9.17) is 37.9 Å². The van der Waals surface area contributed by atoms with E-state index in [0.717, 1.165) is 6.08 Å². The van der Waals surface area contributed by atoms with Crippen LogP contribution in [0.1, 0.15) is 64.2 Å². The highest BCUT2D eigenvalue weighted by Crippen LogP contribution is 2.44. The second kappa shape index (κ2) is 22.4. The molecule has 23 heteroatoms. The summed E-state index contributed by atoms with van der Waals surface area (Å²) in [5.74, 6) is -1.75. The van der Waals surface area contributed by atoms with Crippen molar-refractivity contribution < 1.29 is 114 Å². The summed E-state index contributed by atoms with van der Waals surface area (Å²) in [5.41, 5.74) is 0. The minimum atomic E-state index is -1.80. The molecule has 0 aromatic rings. The molecule has 4 saturated heterocycles. The normalized spacial score (nSPS) is 51.0. The largest absolute Gasteiger partial charge is 0.460 e. The van der Waals surface area contributed by atoms with Crippen LogP contribution in [0.3, 0.4) is 0 Å².